The minimum absolute atomic E-state index is 0.344. The zero-order chi connectivity index (χ0) is 23.3. The van der Waals surface area contributed by atoms with Crippen molar-refractivity contribution in [2.24, 2.45) is 0 Å². The zero-order valence-corrected chi connectivity index (χ0v) is 20.1. The zero-order valence-electron chi connectivity index (χ0n) is 20.1. The van der Waals surface area contributed by atoms with Gasteiger partial charge in [-0.1, -0.05) is 95.2 Å². The molecule has 0 bridgehead atoms. The second-order valence-corrected chi connectivity index (χ2v) is 8.65. The molecule has 0 atom stereocenters. The lowest BCUT2D eigenvalue weighted by Gasteiger charge is -2.07. The maximum atomic E-state index is 12.4. The summed E-state index contributed by atoms with van der Waals surface area (Å²) in [5.74, 6) is 0.572. The van der Waals surface area contributed by atoms with E-state index in [0.29, 0.717) is 17.1 Å². The summed E-state index contributed by atoms with van der Waals surface area (Å²) in [5, 5.41) is 0. The van der Waals surface area contributed by atoms with Crippen molar-refractivity contribution in [3.8, 4) is 17.1 Å². The molecular weight excluding hydrogens is 408 g/mol. The topological polar surface area (TPSA) is 52.1 Å². The van der Waals surface area contributed by atoms with Crippen LogP contribution in [0.2, 0.25) is 0 Å². The van der Waals surface area contributed by atoms with E-state index in [1.54, 1.807) is 24.5 Å². The van der Waals surface area contributed by atoms with Gasteiger partial charge in [-0.05, 0) is 42.5 Å². The highest BCUT2D eigenvalue weighted by molar-refractivity contribution is 5.91. The number of nitrogens with zero attached hydrogens (tertiary/aromatic N) is 2. The largest absolute Gasteiger partial charge is 0.420 e. The summed E-state index contributed by atoms with van der Waals surface area (Å²) < 4.78 is 5.43. The second kappa shape index (κ2) is 13.5. The minimum atomic E-state index is -0.399. The third kappa shape index (κ3) is 8.12. The predicted molar refractivity (Wildman–Crippen MR) is 135 cm³/mol. The van der Waals surface area contributed by atoms with Gasteiger partial charge in [0, 0.05) is 5.56 Å². The number of carbonyl (C=O) groups excluding carboxylic acids is 1. The first kappa shape index (κ1) is 24.6. The van der Waals surface area contributed by atoms with Gasteiger partial charge in [0.2, 0.25) is 0 Å². The number of aryl methyl sites for hydroxylation is 2. The van der Waals surface area contributed by atoms with Crippen LogP contribution in [0.1, 0.15) is 86.7 Å². The number of carbonyl (C=O) groups is 1. The molecule has 0 spiro atoms. The van der Waals surface area contributed by atoms with Crippen molar-refractivity contribution in [1.29, 1.82) is 0 Å². The molecule has 0 saturated heterocycles. The highest BCUT2D eigenvalue weighted by atomic mass is 16.5. The molecule has 0 N–H and O–H groups in total. The Bertz CT molecular complexity index is 964. The number of rotatable bonds is 13. The smallest absolute Gasteiger partial charge is 0.343 e. The molecule has 0 unspecified atom stereocenters. The highest BCUT2D eigenvalue weighted by Crippen LogP contribution is 2.19. The van der Waals surface area contributed by atoms with E-state index in [1.165, 1.54) is 56.1 Å². The number of unbranched alkanes of at least 4 members (excludes halogenated alkanes) is 6. The second-order valence-electron chi connectivity index (χ2n) is 8.65. The van der Waals surface area contributed by atoms with Gasteiger partial charge in [-0.15, -0.1) is 0 Å². The summed E-state index contributed by atoms with van der Waals surface area (Å²) in [6.45, 7) is 4.39. The van der Waals surface area contributed by atoms with Crippen LogP contribution in [0.3, 0.4) is 0 Å². The fourth-order valence-electron chi connectivity index (χ4n) is 3.89. The number of aromatic nitrogens is 2. The van der Waals surface area contributed by atoms with Gasteiger partial charge in [0.25, 0.3) is 0 Å². The lowest BCUT2D eigenvalue weighted by Crippen LogP contribution is -2.09. The van der Waals surface area contributed by atoms with Gasteiger partial charge in [0.1, 0.15) is 0 Å². The van der Waals surface area contributed by atoms with Crippen molar-refractivity contribution in [3.05, 3.63) is 77.6 Å². The van der Waals surface area contributed by atoms with E-state index in [9.17, 15) is 4.79 Å². The molecule has 3 aromatic rings. The van der Waals surface area contributed by atoms with Crippen LogP contribution in [0.15, 0.2) is 60.9 Å². The van der Waals surface area contributed by atoms with Crippen LogP contribution >= 0.6 is 0 Å². The van der Waals surface area contributed by atoms with Gasteiger partial charge in [-0.3, -0.25) is 0 Å². The molecule has 174 valence electrons. The fourth-order valence-corrected chi connectivity index (χ4v) is 3.89. The maximum absolute atomic E-state index is 12.4. The van der Waals surface area contributed by atoms with Gasteiger partial charge in [-0.25, -0.2) is 14.8 Å². The molecule has 0 aliphatic heterocycles. The molecule has 0 aliphatic carbocycles. The standard InChI is InChI=1S/C29H36N2O2/c1-3-5-6-7-8-9-10-12-24-13-17-25(18-14-24)28-30-21-27(22-31-28)33-29(32)26-19-15-23(11-4-2)16-20-26/h13-22H,3-12H2,1-2H3. The van der Waals surface area contributed by atoms with Crippen molar-refractivity contribution in [1.82, 2.24) is 9.97 Å². The molecule has 1 aromatic heterocycles. The molecule has 0 aliphatic rings. The van der Waals surface area contributed by atoms with E-state index in [2.05, 4.69) is 48.1 Å². The first-order chi connectivity index (χ1) is 16.2. The lowest BCUT2D eigenvalue weighted by molar-refractivity contribution is 0.0733. The quantitative estimate of drug-likeness (QED) is 0.201. The van der Waals surface area contributed by atoms with Crippen LogP contribution in [0.4, 0.5) is 0 Å². The molecule has 1 heterocycles. The van der Waals surface area contributed by atoms with Crippen LogP contribution in [-0.2, 0) is 12.8 Å². The number of ether oxygens (including phenoxy) is 1. The van der Waals surface area contributed by atoms with Gasteiger partial charge in [0.05, 0.1) is 18.0 Å². The van der Waals surface area contributed by atoms with Gasteiger partial charge >= 0.3 is 5.97 Å². The Morgan fingerprint density at radius 3 is 1.91 bits per heavy atom. The Morgan fingerprint density at radius 2 is 1.27 bits per heavy atom. The molecule has 33 heavy (non-hydrogen) atoms. The van der Waals surface area contributed by atoms with Crippen LogP contribution < -0.4 is 4.74 Å². The molecular formula is C29H36N2O2. The van der Waals surface area contributed by atoms with Crippen molar-refractivity contribution < 1.29 is 9.53 Å². The van der Waals surface area contributed by atoms with Gasteiger partial charge in [-0.2, -0.15) is 0 Å². The Balaban J connectivity index is 1.47. The monoisotopic (exact) mass is 444 g/mol. The average molecular weight is 445 g/mol. The lowest BCUT2D eigenvalue weighted by atomic mass is 10.0. The summed E-state index contributed by atoms with van der Waals surface area (Å²) in [6, 6.07) is 16.0. The summed E-state index contributed by atoms with van der Waals surface area (Å²) in [6.07, 6.45) is 15.6. The molecule has 0 saturated carbocycles. The SMILES string of the molecule is CCCCCCCCCc1ccc(-c2ncc(OC(=O)c3ccc(CCC)cc3)cn2)cc1. The van der Waals surface area contributed by atoms with E-state index in [-0.39, 0.29) is 0 Å². The third-order valence-corrected chi connectivity index (χ3v) is 5.85. The van der Waals surface area contributed by atoms with Gasteiger partial charge in [0.15, 0.2) is 11.6 Å². The van der Waals surface area contributed by atoms with Gasteiger partial charge < -0.3 is 4.74 Å². The molecule has 0 radical (unpaired) electrons. The van der Waals surface area contributed by atoms with E-state index in [1.807, 2.05) is 12.1 Å². The molecule has 0 amide bonds. The third-order valence-electron chi connectivity index (χ3n) is 5.85. The minimum Gasteiger partial charge on any atom is -0.420 e. The highest BCUT2D eigenvalue weighted by Gasteiger charge is 2.10. The summed E-state index contributed by atoms with van der Waals surface area (Å²) in [5.41, 5.74) is 4.05. The van der Waals surface area contributed by atoms with Crippen molar-refractivity contribution in [2.75, 3.05) is 0 Å². The van der Waals surface area contributed by atoms with Crippen LogP contribution in [0, 0.1) is 0 Å². The molecule has 4 nitrogen and oxygen atoms in total. The fraction of sp³-hybridized carbons (Fsp3) is 0.414. The van der Waals surface area contributed by atoms with Crippen molar-refractivity contribution >= 4 is 5.97 Å². The Kier molecular flexibility index (Phi) is 10.1. The number of hydrogen-bond acceptors (Lipinski definition) is 4. The van der Waals surface area contributed by atoms with Crippen molar-refractivity contribution in [3.63, 3.8) is 0 Å². The predicted octanol–water partition coefficient (Wildman–Crippen LogP) is 7.61. The number of benzene rings is 2. The number of esters is 1. The summed E-state index contributed by atoms with van der Waals surface area (Å²) in [4.78, 5) is 21.1. The summed E-state index contributed by atoms with van der Waals surface area (Å²) >= 11 is 0. The Hall–Kier alpha value is -3.01. The molecule has 0 fully saturated rings. The molecule has 3 rings (SSSR count). The van der Waals surface area contributed by atoms with E-state index < -0.39 is 5.97 Å². The summed E-state index contributed by atoms with van der Waals surface area (Å²) in [7, 11) is 0. The van der Waals surface area contributed by atoms with Crippen LogP contribution in [-0.4, -0.2) is 15.9 Å². The maximum Gasteiger partial charge on any atom is 0.343 e. The molecule has 4 heteroatoms. The van der Waals surface area contributed by atoms with Crippen LogP contribution in [0.25, 0.3) is 11.4 Å². The first-order valence-electron chi connectivity index (χ1n) is 12.4. The van der Waals surface area contributed by atoms with Crippen molar-refractivity contribution in [2.45, 2.75) is 78.1 Å². The van der Waals surface area contributed by atoms with E-state index in [4.69, 9.17) is 4.74 Å². The van der Waals surface area contributed by atoms with E-state index >= 15 is 0 Å². The van der Waals surface area contributed by atoms with E-state index in [0.717, 1.165) is 24.8 Å². The molecule has 2 aromatic carbocycles. The first-order valence-corrected chi connectivity index (χ1v) is 12.4. The normalized spacial score (nSPS) is 10.8. The Labute approximate surface area is 198 Å². The Morgan fingerprint density at radius 1 is 0.697 bits per heavy atom. The van der Waals surface area contributed by atoms with Crippen LogP contribution in [0.5, 0.6) is 5.75 Å². The average Bonchev–Trinajstić information content (AvgIpc) is 2.85. The number of hydrogen-bond donors (Lipinski definition) is 0.